The summed E-state index contributed by atoms with van der Waals surface area (Å²) in [5, 5.41) is 13.9. The highest BCUT2D eigenvalue weighted by Gasteiger charge is 2.11. The van der Waals surface area contributed by atoms with E-state index in [9.17, 15) is 18.9 Å². The molecule has 0 spiro atoms. The molecule has 0 aliphatic rings. The second kappa shape index (κ2) is 6.90. The number of nitrogens with one attached hydrogen (secondary N) is 1. The maximum absolute atomic E-state index is 13.0. The van der Waals surface area contributed by atoms with E-state index in [1.807, 2.05) is 0 Å². The van der Waals surface area contributed by atoms with Gasteiger partial charge in [0.05, 0.1) is 4.92 Å². The van der Waals surface area contributed by atoms with Crippen molar-refractivity contribution in [2.45, 2.75) is 13.0 Å². The lowest BCUT2D eigenvalue weighted by Gasteiger charge is -2.06. The molecule has 2 rings (SSSR count). The predicted octanol–water partition coefficient (Wildman–Crippen LogP) is 3.21. The fourth-order valence-corrected chi connectivity index (χ4v) is 2.05. The van der Waals surface area contributed by atoms with Gasteiger partial charge >= 0.3 is 0 Å². The van der Waals surface area contributed by atoms with Crippen LogP contribution in [0.3, 0.4) is 0 Å². The molecule has 21 heavy (non-hydrogen) atoms. The van der Waals surface area contributed by atoms with Crippen molar-refractivity contribution < 1.29 is 13.7 Å². The zero-order valence-corrected chi connectivity index (χ0v) is 11.2. The first-order valence-electron chi connectivity index (χ1n) is 6.44. The minimum absolute atomic E-state index is 0.0572. The smallest absolute Gasteiger partial charge is 0.273 e. The zero-order chi connectivity index (χ0) is 15.2. The lowest BCUT2D eigenvalue weighted by atomic mass is 10.1. The molecule has 0 fully saturated rings. The van der Waals surface area contributed by atoms with E-state index >= 15 is 0 Å². The Kier molecular flexibility index (Phi) is 4.94. The number of hydrogen-bond acceptors (Lipinski definition) is 3. The van der Waals surface area contributed by atoms with E-state index in [-0.39, 0.29) is 5.69 Å². The van der Waals surface area contributed by atoms with Crippen LogP contribution >= 0.6 is 0 Å². The Hall–Kier alpha value is -2.34. The largest absolute Gasteiger partial charge is 0.312 e. The Morgan fingerprint density at radius 1 is 1.10 bits per heavy atom. The summed E-state index contributed by atoms with van der Waals surface area (Å²) in [5.74, 6) is -1.22. The molecule has 0 saturated carbocycles. The van der Waals surface area contributed by atoms with Crippen LogP contribution in [0.25, 0.3) is 0 Å². The van der Waals surface area contributed by atoms with E-state index in [1.54, 1.807) is 18.2 Å². The number of nitrogens with zero attached hydrogens (tertiary/aromatic N) is 1. The molecule has 0 aliphatic heterocycles. The summed E-state index contributed by atoms with van der Waals surface area (Å²) in [6.45, 7) is 0.796. The van der Waals surface area contributed by atoms with Crippen LogP contribution in [0.4, 0.5) is 14.5 Å². The molecule has 0 aliphatic carbocycles. The summed E-state index contributed by atoms with van der Waals surface area (Å²) in [6, 6.07) is 9.82. The monoisotopic (exact) mass is 292 g/mol. The van der Waals surface area contributed by atoms with E-state index < -0.39 is 16.6 Å². The number of nitro groups is 1. The number of hydrogen-bond donors (Lipinski definition) is 1. The van der Waals surface area contributed by atoms with Crippen molar-refractivity contribution in [1.29, 1.82) is 0 Å². The van der Waals surface area contributed by atoms with Crippen molar-refractivity contribution in [3.63, 3.8) is 0 Å². The predicted molar refractivity (Wildman–Crippen MR) is 74.9 cm³/mol. The minimum atomic E-state index is -0.608. The van der Waals surface area contributed by atoms with Crippen molar-refractivity contribution in [3.8, 4) is 0 Å². The molecule has 0 aromatic heterocycles. The number of nitro benzene ring substituents is 1. The zero-order valence-electron chi connectivity index (χ0n) is 11.2. The average molecular weight is 292 g/mol. The van der Waals surface area contributed by atoms with E-state index in [0.29, 0.717) is 30.6 Å². The molecule has 0 amide bonds. The summed E-state index contributed by atoms with van der Waals surface area (Å²) in [7, 11) is 0. The lowest BCUT2D eigenvalue weighted by molar-refractivity contribution is -0.385. The number of rotatable bonds is 6. The van der Waals surface area contributed by atoms with Crippen molar-refractivity contribution in [2.24, 2.45) is 0 Å². The third kappa shape index (κ3) is 4.32. The van der Waals surface area contributed by atoms with Crippen molar-refractivity contribution in [1.82, 2.24) is 5.32 Å². The van der Waals surface area contributed by atoms with Gasteiger partial charge in [-0.2, -0.15) is 0 Å². The van der Waals surface area contributed by atoms with E-state index in [0.717, 1.165) is 6.07 Å². The molecule has 110 valence electrons. The Balaban J connectivity index is 1.89. The van der Waals surface area contributed by atoms with Crippen LogP contribution in [0.2, 0.25) is 0 Å². The normalized spacial score (nSPS) is 10.6. The van der Waals surface area contributed by atoms with Gasteiger partial charge < -0.3 is 5.32 Å². The Morgan fingerprint density at radius 2 is 1.76 bits per heavy atom. The highest BCUT2D eigenvalue weighted by molar-refractivity contribution is 5.39. The van der Waals surface area contributed by atoms with Gasteiger partial charge in [-0.1, -0.05) is 18.2 Å². The fraction of sp³-hybridized carbons (Fsp3) is 0.200. The molecular formula is C15H14F2N2O2. The van der Waals surface area contributed by atoms with Gasteiger partial charge in [-0.3, -0.25) is 10.1 Å². The van der Waals surface area contributed by atoms with Gasteiger partial charge in [0.2, 0.25) is 0 Å². The van der Waals surface area contributed by atoms with Crippen LogP contribution in [0.1, 0.15) is 11.1 Å². The summed E-state index contributed by atoms with van der Waals surface area (Å²) < 4.78 is 26.0. The van der Waals surface area contributed by atoms with Gasteiger partial charge in [0, 0.05) is 24.2 Å². The Labute approximate surface area is 120 Å². The Bertz CT molecular complexity index is 627. The summed E-state index contributed by atoms with van der Waals surface area (Å²) in [4.78, 5) is 10.4. The Morgan fingerprint density at radius 3 is 2.43 bits per heavy atom. The van der Waals surface area contributed by atoms with Crippen molar-refractivity contribution in [2.75, 3.05) is 6.54 Å². The van der Waals surface area contributed by atoms with Gasteiger partial charge in [0.15, 0.2) is 0 Å². The number of para-hydroxylation sites is 1. The van der Waals surface area contributed by atoms with Crippen LogP contribution in [-0.2, 0) is 13.0 Å². The third-order valence-corrected chi connectivity index (χ3v) is 3.02. The maximum Gasteiger partial charge on any atom is 0.273 e. The highest BCUT2D eigenvalue weighted by atomic mass is 19.1. The van der Waals surface area contributed by atoms with E-state index in [1.165, 1.54) is 18.2 Å². The molecule has 1 N–H and O–H groups in total. The summed E-state index contributed by atoms with van der Waals surface area (Å²) in [6.07, 6.45) is 0.440. The summed E-state index contributed by atoms with van der Waals surface area (Å²) >= 11 is 0. The molecule has 2 aromatic rings. The SMILES string of the molecule is O=[N+]([O-])c1ccccc1CNCCc1cc(F)cc(F)c1. The molecule has 2 aromatic carbocycles. The van der Waals surface area contributed by atoms with E-state index in [2.05, 4.69) is 5.32 Å². The minimum Gasteiger partial charge on any atom is -0.312 e. The van der Waals surface area contributed by atoms with Gasteiger partial charge in [-0.15, -0.1) is 0 Å². The quantitative estimate of drug-likeness (QED) is 0.505. The molecule has 0 bridgehead atoms. The van der Waals surface area contributed by atoms with Crippen LogP contribution in [0, 0.1) is 21.7 Å². The first-order valence-corrected chi connectivity index (χ1v) is 6.44. The van der Waals surface area contributed by atoms with Gasteiger partial charge in [-0.05, 0) is 30.7 Å². The topological polar surface area (TPSA) is 55.2 Å². The van der Waals surface area contributed by atoms with Crippen LogP contribution in [-0.4, -0.2) is 11.5 Å². The molecule has 0 heterocycles. The van der Waals surface area contributed by atoms with E-state index in [4.69, 9.17) is 0 Å². The molecule has 0 radical (unpaired) electrons. The molecule has 6 heteroatoms. The van der Waals surface area contributed by atoms with Crippen LogP contribution in [0.15, 0.2) is 42.5 Å². The molecule has 0 saturated heterocycles. The van der Waals surface area contributed by atoms with Gasteiger partial charge in [0.1, 0.15) is 11.6 Å². The van der Waals surface area contributed by atoms with Crippen LogP contribution in [0.5, 0.6) is 0 Å². The standard InChI is InChI=1S/C15H14F2N2O2/c16-13-7-11(8-14(17)9-13)5-6-18-10-12-3-1-2-4-15(12)19(20)21/h1-4,7-9,18H,5-6,10H2. The second-order valence-electron chi connectivity index (χ2n) is 4.59. The molecular weight excluding hydrogens is 278 g/mol. The van der Waals surface area contributed by atoms with Gasteiger partial charge in [-0.25, -0.2) is 8.78 Å². The highest BCUT2D eigenvalue weighted by Crippen LogP contribution is 2.17. The van der Waals surface area contributed by atoms with Crippen LogP contribution < -0.4 is 5.32 Å². The second-order valence-corrected chi connectivity index (χ2v) is 4.59. The molecule has 4 nitrogen and oxygen atoms in total. The third-order valence-electron chi connectivity index (χ3n) is 3.02. The van der Waals surface area contributed by atoms with Gasteiger partial charge in [0.25, 0.3) is 5.69 Å². The average Bonchev–Trinajstić information content (AvgIpc) is 2.43. The van der Waals surface area contributed by atoms with Crippen molar-refractivity contribution >= 4 is 5.69 Å². The van der Waals surface area contributed by atoms with Crippen molar-refractivity contribution in [3.05, 3.63) is 75.3 Å². The molecule has 0 unspecified atom stereocenters. The first-order chi connectivity index (χ1) is 10.1. The lowest BCUT2D eigenvalue weighted by Crippen LogP contribution is -2.17. The first kappa shape index (κ1) is 15.1. The number of halogens is 2. The number of benzene rings is 2. The summed E-state index contributed by atoms with van der Waals surface area (Å²) in [5.41, 5.74) is 1.18. The fourth-order valence-electron chi connectivity index (χ4n) is 2.05. The molecule has 0 atom stereocenters. The maximum atomic E-state index is 13.0.